The Morgan fingerprint density at radius 2 is 2.09 bits per heavy atom. The quantitative estimate of drug-likeness (QED) is 0.615. The van der Waals surface area contributed by atoms with Gasteiger partial charge in [0.2, 0.25) is 5.88 Å². The monoisotopic (exact) mass is 462 g/mol. The van der Waals surface area contributed by atoms with Gasteiger partial charge in [0, 0.05) is 24.4 Å². The lowest BCUT2D eigenvalue weighted by atomic mass is 10.0. The van der Waals surface area contributed by atoms with Crippen LogP contribution >= 0.6 is 0 Å². The van der Waals surface area contributed by atoms with Crippen molar-refractivity contribution in [1.82, 2.24) is 30.2 Å². The van der Waals surface area contributed by atoms with Gasteiger partial charge in [-0.1, -0.05) is 22.9 Å². The predicted octanol–water partition coefficient (Wildman–Crippen LogP) is 1.74. The maximum absolute atomic E-state index is 12.9. The highest BCUT2D eigenvalue weighted by Gasteiger charge is 2.45. The molecule has 0 bridgehead atoms. The molecule has 1 aromatic carbocycles. The number of aryl methyl sites for hydroxylation is 1. The molecule has 2 aliphatic rings. The van der Waals surface area contributed by atoms with Crippen LogP contribution in [0.2, 0.25) is 0 Å². The number of pyridine rings is 1. The van der Waals surface area contributed by atoms with Gasteiger partial charge in [-0.3, -0.25) is 9.59 Å². The molecule has 1 saturated heterocycles. The lowest BCUT2D eigenvalue weighted by Crippen LogP contribution is -2.45. The minimum Gasteiger partial charge on any atom is -0.481 e. The number of carbonyl (C=O) groups excluding carboxylic acids is 2. The molecular weight excluding hydrogens is 436 g/mol. The fourth-order valence-corrected chi connectivity index (χ4v) is 4.46. The Kier molecular flexibility index (Phi) is 5.74. The van der Waals surface area contributed by atoms with Crippen molar-refractivity contribution in [3.63, 3.8) is 0 Å². The Bertz CT molecular complexity index is 1220. The highest BCUT2D eigenvalue weighted by molar-refractivity contribution is 5.94. The van der Waals surface area contributed by atoms with Gasteiger partial charge < -0.3 is 19.7 Å². The summed E-state index contributed by atoms with van der Waals surface area (Å²) in [6, 6.07) is 10.8. The zero-order valence-corrected chi connectivity index (χ0v) is 19.2. The summed E-state index contributed by atoms with van der Waals surface area (Å²) < 4.78 is 13.2. The molecule has 34 heavy (non-hydrogen) atoms. The number of nitrogens with zero attached hydrogens (tertiary/aromatic N) is 5. The summed E-state index contributed by atoms with van der Waals surface area (Å²) in [6.45, 7) is 4.12. The number of rotatable bonds is 5. The molecule has 3 aromatic rings. The van der Waals surface area contributed by atoms with E-state index in [-0.39, 0.29) is 18.4 Å². The van der Waals surface area contributed by atoms with Crippen LogP contribution < -0.4 is 10.1 Å². The van der Waals surface area contributed by atoms with E-state index in [4.69, 9.17) is 9.47 Å². The number of methoxy groups -OCH3 is 1. The van der Waals surface area contributed by atoms with Crippen molar-refractivity contribution in [1.29, 1.82) is 0 Å². The second-order valence-corrected chi connectivity index (χ2v) is 8.73. The van der Waals surface area contributed by atoms with E-state index < -0.39 is 5.60 Å². The van der Waals surface area contributed by atoms with Gasteiger partial charge in [-0.05, 0) is 31.5 Å². The van der Waals surface area contributed by atoms with Crippen molar-refractivity contribution in [3.8, 4) is 5.88 Å². The maximum Gasteiger partial charge on any atom is 0.255 e. The number of amides is 2. The van der Waals surface area contributed by atoms with Gasteiger partial charge in [0.25, 0.3) is 11.8 Å². The molecule has 1 spiro atoms. The summed E-state index contributed by atoms with van der Waals surface area (Å²) in [5, 5.41) is 11.5. The summed E-state index contributed by atoms with van der Waals surface area (Å²) in [5.74, 6) is 0.228. The van der Waals surface area contributed by atoms with Crippen molar-refractivity contribution in [3.05, 3.63) is 70.7 Å². The SMILES string of the molecule is COc1ccc(C(=O)N2CCC3(C2)Cn2nnc(CNC(=O)c4cccc(C)c4)c2CO3)cn1. The predicted molar refractivity (Wildman–Crippen MR) is 121 cm³/mol. The summed E-state index contributed by atoms with van der Waals surface area (Å²) in [5.41, 5.74) is 3.18. The number of likely N-dealkylation sites (tertiary alicyclic amines) is 1. The Morgan fingerprint density at radius 3 is 2.85 bits per heavy atom. The van der Waals surface area contributed by atoms with Gasteiger partial charge >= 0.3 is 0 Å². The van der Waals surface area contributed by atoms with Gasteiger partial charge in [0.05, 0.1) is 44.6 Å². The van der Waals surface area contributed by atoms with Crippen molar-refractivity contribution >= 4 is 11.8 Å². The largest absolute Gasteiger partial charge is 0.481 e. The van der Waals surface area contributed by atoms with Crippen molar-refractivity contribution in [2.24, 2.45) is 0 Å². The first kappa shape index (κ1) is 22.0. The van der Waals surface area contributed by atoms with Crippen LogP contribution in [0.3, 0.4) is 0 Å². The van der Waals surface area contributed by atoms with Gasteiger partial charge in [0.15, 0.2) is 0 Å². The first-order valence-corrected chi connectivity index (χ1v) is 11.2. The molecule has 10 nitrogen and oxygen atoms in total. The summed E-state index contributed by atoms with van der Waals surface area (Å²) in [4.78, 5) is 31.3. The van der Waals surface area contributed by atoms with Crippen LogP contribution in [-0.4, -0.2) is 62.5 Å². The van der Waals surface area contributed by atoms with E-state index in [9.17, 15) is 9.59 Å². The smallest absolute Gasteiger partial charge is 0.255 e. The van der Waals surface area contributed by atoms with Crippen LogP contribution in [0.25, 0.3) is 0 Å². The second kappa shape index (κ2) is 8.86. The zero-order chi connectivity index (χ0) is 23.7. The normalized spacial score (nSPS) is 19.2. The van der Waals surface area contributed by atoms with E-state index in [0.29, 0.717) is 55.4 Å². The van der Waals surface area contributed by atoms with Crippen molar-refractivity contribution < 1.29 is 19.1 Å². The average molecular weight is 463 g/mol. The lowest BCUT2D eigenvalue weighted by molar-refractivity contribution is -0.0828. The van der Waals surface area contributed by atoms with E-state index >= 15 is 0 Å². The molecule has 2 amide bonds. The molecule has 2 aliphatic heterocycles. The standard InChI is InChI=1S/C24H26N6O4/c1-16-4-3-5-17(10-16)22(31)26-12-19-20-13-34-24(15-30(20)28-27-19)8-9-29(14-24)23(32)18-6-7-21(33-2)25-11-18/h3-7,10-11H,8-9,12-15H2,1-2H3,(H,26,31). The van der Waals surface area contributed by atoms with Crippen molar-refractivity contribution in [2.75, 3.05) is 20.2 Å². The Balaban J connectivity index is 1.22. The first-order chi connectivity index (χ1) is 16.5. The van der Waals surface area contributed by atoms with E-state index in [1.807, 2.05) is 29.8 Å². The topological polar surface area (TPSA) is 111 Å². The summed E-state index contributed by atoms with van der Waals surface area (Å²) in [6.07, 6.45) is 2.24. The minimum atomic E-state index is -0.502. The molecule has 1 atom stereocenters. The van der Waals surface area contributed by atoms with E-state index in [1.54, 1.807) is 23.1 Å². The number of hydrogen-bond donors (Lipinski definition) is 1. The number of aromatic nitrogens is 4. The molecule has 0 aliphatic carbocycles. The van der Waals surface area contributed by atoms with E-state index in [1.165, 1.54) is 13.3 Å². The number of fused-ring (bicyclic) bond motifs is 1. The third-order valence-electron chi connectivity index (χ3n) is 6.36. The molecule has 0 saturated carbocycles. The van der Waals surface area contributed by atoms with Crippen LogP contribution in [0.1, 0.15) is 44.1 Å². The second-order valence-electron chi connectivity index (χ2n) is 8.73. The van der Waals surface area contributed by atoms with Crippen LogP contribution in [-0.2, 0) is 24.4 Å². The Labute approximate surface area is 196 Å². The van der Waals surface area contributed by atoms with Gasteiger partial charge in [0.1, 0.15) is 11.3 Å². The van der Waals surface area contributed by atoms with Gasteiger partial charge in [-0.2, -0.15) is 0 Å². The molecule has 176 valence electrons. The lowest BCUT2D eigenvalue weighted by Gasteiger charge is -2.34. The van der Waals surface area contributed by atoms with Gasteiger partial charge in [-0.25, -0.2) is 9.67 Å². The van der Waals surface area contributed by atoms with Crippen molar-refractivity contribution in [2.45, 2.75) is 38.6 Å². The average Bonchev–Trinajstić information content (AvgIpc) is 3.46. The zero-order valence-electron chi connectivity index (χ0n) is 19.2. The summed E-state index contributed by atoms with van der Waals surface area (Å²) in [7, 11) is 1.54. The van der Waals surface area contributed by atoms with E-state index in [2.05, 4.69) is 20.6 Å². The number of hydrogen-bond acceptors (Lipinski definition) is 7. The molecule has 0 radical (unpaired) electrons. The Hall–Kier alpha value is -3.79. The molecule has 10 heteroatoms. The summed E-state index contributed by atoms with van der Waals surface area (Å²) >= 11 is 0. The van der Waals surface area contributed by atoms with E-state index in [0.717, 1.165) is 11.3 Å². The van der Waals surface area contributed by atoms with Gasteiger partial charge in [-0.15, -0.1) is 5.10 Å². The first-order valence-electron chi connectivity index (χ1n) is 11.2. The highest BCUT2D eigenvalue weighted by Crippen LogP contribution is 2.33. The number of ether oxygens (including phenoxy) is 2. The third kappa shape index (κ3) is 4.24. The molecule has 1 fully saturated rings. The molecule has 1 unspecified atom stereocenters. The number of nitrogens with one attached hydrogen (secondary N) is 1. The molecular formula is C24H26N6O4. The van der Waals surface area contributed by atoms with Crippen LogP contribution in [0.4, 0.5) is 0 Å². The van der Waals surface area contributed by atoms with Crippen LogP contribution in [0.15, 0.2) is 42.6 Å². The molecule has 5 rings (SSSR count). The number of benzene rings is 1. The maximum atomic E-state index is 12.9. The number of carbonyl (C=O) groups is 2. The molecule has 1 N–H and O–H groups in total. The molecule has 4 heterocycles. The molecule has 2 aromatic heterocycles. The Morgan fingerprint density at radius 1 is 1.21 bits per heavy atom. The fraction of sp³-hybridized carbons (Fsp3) is 0.375. The fourth-order valence-electron chi connectivity index (χ4n) is 4.46. The van der Waals surface area contributed by atoms with Crippen LogP contribution in [0.5, 0.6) is 5.88 Å². The highest BCUT2D eigenvalue weighted by atomic mass is 16.5. The minimum absolute atomic E-state index is 0.0837. The van der Waals surface area contributed by atoms with Crippen LogP contribution in [0, 0.1) is 6.92 Å². The third-order valence-corrected chi connectivity index (χ3v) is 6.36.